The molecule has 0 saturated heterocycles. The van der Waals surface area contributed by atoms with Crippen molar-refractivity contribution in [1.82, 2.24) is 15.2 Å². The van der Waals surface area contributed by atoms with E-state index in [0.717, 1.165) is 17.8 Å². The molecule has 2 aromatic rings. The maximum atomic E-state index is 11.9. The number of amides is 1. The zero-order chi connectivity index (χ0) is 14.5. The van der Waals surface area contributed by atoms with Gasteiger partial charge in [-0.2, -0.15) is 5.10 Å². The zero-order valence-corrected chi connectivity index (χ0v) is 12.9. The van der Waals surface area contributed by atoms with Gasteiger partial charge in [-0.15, -0.1) is 12.4 Å². The van der Waals surface area contributed by atoms with E-state index in [-0.39, 0.29) is 18.3 Å². The average molecular weight is 310 g/mol. The monoisotopic (exact) mass is 309 g/mol. The molecule has 1 atom stereocenters. The molecule has 0 fully saturated rings. The lowest BCUT2D eigenvalue weighted by Gasteiger charge is -2.11. The van der Waals surface area contributed by atoms with Gasteiger partial charge in [0.25, 0.3) is 0 Å². The third-order valence-corrected chi connectivity index (χ3v) is 2.92. The summed E-state index contributed by atoms with van der Waals surface area (Å²) in [6.07, 6.45) is 1.55. The molecule has 4 N–H and O–H groups in total. The molecule has 1 aromatic heterocycles. The largest absolute Gasteiger partial charge is 0.325 e. The van der Waals surface area contributed by atoms with E-state index in [1.807, 2.05) is 38.1 Å². The molecule has 0 spiro atoms. The summed E-state index contributed by atoms with van der Waals surface area (Å²) < 4.78 is 0. The third-order valence-electron chi connectivity index (χ3n) is 2.92. The van der Waals surface area contributed by atoms with Crippen LogP contribution in [0, 0.1) is 6.92 Å². The first-order chi connectivity index (χ1) is 9.60. The highest BCUT2D eigenvalue weighted by Crippen LogP contribution is 2.19. The molecule has 0 aliphatic rings. The van der Waals surface area contributed by atoms with E-state index in [4.69, 9.17) is 5.73 Å². The number of aryl methyl sites for hydroxylation is 1. The number of benzene rings is 1. The fraction of sp³-hybridized carbons (Fsp3) is 0.357. The van der Waals surface area contributed by atoms with Crippen molar-refractivity contribution < 1.29 is 4.79 Å². The number of carbonyl (C=O) groups excluding carboxylic acids is 1. The van der Waals surface area contributed by atoms with Gasteiger partial charge in [-0.3, -0.25) is 9.89 Å². The molecule has 1 aromatic carbocycles. The van der Waals surface area contributed by atoms with E-state index in [1.165, 1.54) is 0 Å². The highest BCUT2D eigenvalue weighted by molar-refractivity contribution is 5.95. The molecule has 0 saturated carbocycles. The van der Waals surface area contributed by atoms with Gasteiger partial charge in [0.05, 0.1) is 6.04 Å². The minimum absolute atomic E-state index is 0. The van der Waals surface area contributed by atoms with Crippen molar-refractivity contribution in [2.75, 3.05) is 5.32 Å². The quantitative estimate of drug-likeness (QED) is 0.789. The molecule has 0 radical (unpaired) electrons. The summed E-state index contributed by atoms with van der Waals surface area (Å²) in [5.41, 5.74) is 7.33. The van der Waals surface area contributed by atoms with E-state index in [1.54, 1.807) is 0 Å². The summed E-state index contributed by atoms with van der Waals surface area (Å²) in [6, 6.07) is 6.92. The summed E-state index contributed by atoms with van der Waals surface area (Å²) in [6.45, 7) is 3.84. The molecule has 0 aliphatic carbocycles. The van der Waals surface area contributed by atoms with Crippen LogP contribution in [0.4, 0.5) is 5.69 Å². The van der Waals surface area contributed by atoms with Gasteiger partial charge in [-0.05, 0) is 25.5 Å². The SMILES string of the molecule is CCCC(N)C(=O)Nc1cccc(-c2n[nH]c(C)n2)c1.Cl. The minimum atomic E-state index is -0.477. The summed E-state index contributed by atoms with van der Waals surface area (Å²) in [4.78, 5) is 16.1. The van der Waals surface area contributed by atoms with Crippen molar-refractivity contribution in [2.24, 2.45) is 5.73 Å². The Bertz CT molecular complexity index is 599. The van der Waals surface area contributed by atoms with Crippen LogP contribution in [-0.4, -0.2) is 27.1 Å². The molecule has 1 amide bonds. The summed E-state index contributed by atoms with van der Waals surface area (Å²) >= 11 is 0. The van der Waals surface area contributed by atoms with Gasteiger partial charge in [0.15, 0.2) is 5.82 Å². The molecule has 7 heteroatoms. The van der Waals surface area contributed by atoms with Crippen LogP contribution >= 0.6 is 12.4 Å². The van der Waals surface area contributed by atoms with E-state index in [9.17, 15) is 4.79 Å². The average Bonchev–Trinajstić information content (AvgIpc) is 2.86. The third kappa shape index (κ3) is 4.54. The number of aromatic nitrogens is 3. The number of aromatic amines is 1. The Hall–Kier alpha value is -1.92. The predicted octanol–water partition coefficient (Wildman–Crippen LogP) is 2.27. The van der Waals surface area contributed by atoms with Gasteiger partial charge in [0.2, 0.25) is 5.91 Å². The Morgan fingerprint density at radius 1 is 1.48 bits per heavy atom. The number of anilines is 1. The number of hydrogen-bond donors (Lipinski definition) is 3. The topological polar surface area (TPSA) is 96.7 Å². The molecule has 114 valence electrons. The Kier molecular flexibility index (Phi) is 6.33. The predicted molar refractivity (Wildman–Crippen MR) is 85.3 cm³/mol. The summed E-state index contributed by atoms with van der Waals surface area (Å²) in [5, 5.41) is 9.70. The van der Waals surface area contributed by atoms with Crippen molar-refractivity contribution in [3.63, 3.8) is 0 Å². The number of H-pyrrole nitrogens is 1. The maximum absolute atomic E-state index is 11.9. The van der Waals surface area contributed by atoms with Gasteiger partial charge in [-0.25, -0.2) is 4.98 Å². The number of hydrogen-bond acceptors (Lipinski definition) is 4. The molecule has 1 unspecified atom stereocenters. The second kappa shape index (κ2) is 7.75. The maximum Gasteiger partial charge on any atom is 0.241 e. The van der Waals surface area contributed by atoms with Crippen molar-refractivity contribution in [1.29, 1.82) is 0 Å². The first-order valence-corrected chi connectivity index (χ1v) is 6.66. The lowest BCUT2D eigenvalue weighted by atomic mass is 10.1. The van der Waals surface area contributed by atoms with Crippen LogP contribution in [0.3, 0.4) is 0 Å². The van der Waals surface area contributed by atoms with Crippen molar-refractivity contribution in [2.45, 2.75) is 32.7 Å². The van der Waals surface area contributed by atoms with Crippen molar-refractivity contribution in [3.8, 4) is 11.4 Å². The smallest absolute Gasteiger partial charge is 0.241 e. The number of nitrogens with one attached hydrogen (secondary N) is 2. The zero-order valence-electron chi connectivity index (χ0n) is 12.1. The fourth-order valence-electron chi connectivity index (χ4n) is 1.88. The summed E-state index contributed by atoms with van der Waals surface area (Å²) in [5.74, 6) is 1.19. The van der Waals surface area contributed by atoms with Gasteiger partial charge in [0, 0.05) is 11.3 Å². The van der Waals surface area contributed by atoms with E-state index in [2.05, 4.69) is 20.5 Å². The lowest BCUT2D eigenvalue weighted by Crippen LogP contribution is -2.35. The Morgan fingerprint density at radius 3 is 2.86 bits per heavy atom. The first kappa shape index (κ1) is 17.1. The van der Waals surface area contributed by atoms with Gasteiger partial charge >= 0.3 is 0 Å². The van der Waals surface area contributed by atoms with E-state index in [0.29, 0.717) is 17.9 Å². The summed E-state index contributed by atoms with van der Waals surface area (Å²) in [7, 11) is 0. The normalized spacial score (nSPS) is 11.6. The van der Waals surface area contributed by atoms with Crippen molar-refractivity contribution in [3.05, 3.63) is 30.1 Å². The molecular formula is C14H20ClN5O. The van der Waals surface area contributed by atoms with Crippen molar-refractivity contribution >= 4 is 24.0 Å². The standard InChI is InChI=1S/C14H19N5O.ClH/c1-3-5-12(15)14(20)17-11-7-4-6-10(8-11)13-16-9(2)18-19-13;/h4,6-8,12H,3,5,15H2,1-2H3,(H,17,20)(H,16,18,19);1H. The van der Waals surface area contributed by atoms with Gasteiger partial charge in [0.1, 0.15) is 5.82 Å². The highest BCUT2D eigenvalue weighted by Gasteiger charge is 2.13. The number of nitrogens with zero attached hydrogens (tertiary/aromatic N) is 2. The Morgan fingerprint density at radius 2 is 2.24 bits per heavy atom. The minimum Gasteiger partial charge on any atom is -0.325 e. The van der Waals surface area contributed by atoms with Crippen LogP contribution in [0.5, 0.6) is 0 Å². The molecule has 6 nitrogen and oxygen atoms in total. The Balaban J connectivity index is 0.00000220. The molecular weight excluding hydrogens is 290 g/mol. The van der Waals surface area contributed by atoms with Crippen LogP contribution in [0.15, 0.2) is 24.3 Å². The van der Waals surface area contributed by atoms with Crippen LogP contribution in [0.25, 0.3) is 11.4 Å². The molecule has 21 heavy (non-hydrogen) atoms. The van der Waals surface area contributed by atoms with Crippen LogP contribution < -0.4 is 11.1 Å². The number of halogens is 1. The molecule has 2 rings (SSSR count). The Labute approximate surface area is 129 Å². The lowest BCUT2D eigenvalue weighted by molar-refractivity contribution is -0.117. The van der Waals surface area contributed by atoms with Gasteiger partial charge < -0.3 is 11.1 Å². The van der Waals surface area contributed by atoms with E-state index < -0.39 is 6.04 Å². The number of carbonyl (C=O) groups is 1. The van der Waals surface area contributed by atoms with Crippen LogP contribution in [0.2, 0.25) is 0 Å². The highest BCUT2D eigenvalue weighted by atomic mass is 35.5. The fourth-order valence-corrected chi connectivity index (χ4v) is 1.88. The molecule has 0 aliphatic heterocycles. The number of rotatable bonds is 5. The van der Waals surface area contributed by atoms with Gasteiger partial charge in [-0.1, -0.05) is 25.5 Å². The number of nitrogens with two attached hydrogens (primary N) is 1. The van der Waals surface area contributed by atoms with Crippen LogP contribution in [-0.2, 0) is 4.79 Å². The van der Waals surface area contributed by atoms with Crippen LogP contribution in [0.1, 0.15) is 25.6 Å². The second-order valence-electron chi connectivity index (χ2n) is 4.71. The van der Waals surface area contributed by atoms with E-state index >= 15 is 0 Å². The first-order valence-electron chi connectivity index (χ1n) is 6.66. The second-order valence-corrected chi connectivity index (χ2v) is 4.71. The molecule has 1 heterocycles. The molecule has 0 bridgehead atoms.